The SMILES string of the molecule is Clc1nc2c(cc1CN1CCOCC1)c(-c1ccccc1)nn2-c1ccccc1. The fourth-order valence-corrected chi connectivity index (χ4v) is 3.92. The summed E-state index contributed by atoms with van der Waals surface area (Å²) in [6.07, 6.45) is 0. The van der Waals surface area contributed by atoms with Gasteiger partial charge in [-0.15, -0.1) is 0 Å². The minimum atomic E-state index is 0.528. The molecule has 29 heavy (non-hydrogen) atoms. The number of benzene rings is 2. The van der Waals surface area contributed by atoms with Gasteiger partial charge in [0, 0.05) is 36.1 Å². The topological polar surface area (TPSA) is 43.2 Å². The molecule has 0 aliphatic carbocycles. The highest BCUT2D eigenvalue weighted by Gasteiger charge is 2.19. The van der Waals surface area contributed by atoms with Crippen LogP contribution in [0.25, 0.3) is 28.0 Å². The molecule has 2 aromatic carbocycles. The van der Waals surface area contributed by atoms with Crippen molar-refractivity contribution in [1.29, 1.82) is 0 Å². The molecule has 1 aliphatic heterocycles. The van der Waals surface area contributed by atoms with E-state index in [-0.39, 0.29) is 0 Å². The molecule has 1 aliphatic rings. The molecule has 0 N–H and O–H groups in total. The van der Waals surface area contributed by atoms with E-state index < -0.39 is 0 Å². The quantitative estimate of drug-likeness (QED) is 0.467. The molecule has 5 rings (SSSR count). The molecule has 0 unspecified atom stereocenters. The summed E-state index contributed by atoms with van der Waals surface area (Å²) in [5.74, 6) is 0. The predicted molar refractivity (Wildman–Crippen MR) is 115 cm³/mol. The molecule has 146 valence electrons. The average Bonchev–Trinajstić information content (AvgIpc) is 3.14. The lowest BCUT2D eigenvalue weighted by Crippen LogP contribution is -2.35. The van der Waals surface area contributed by atoms with Crippen LogP contribution in [0.1, 0.15) is 5.56 Å². The zero-order valence-corrected chi connectivity index (χ0v) is 16.7. The van der Waals surface area contributed by atoms with E-state index in [4.69, 9.17) is 26.4 Å². The van der Waals surface area contributed by atoms with Crippen LogP contribution < -0.4 is 0 Å². The fourth-order valence-electron chi connectivity index (χ4n) is 3.73. The molecule has 2 aromatic heterocycles. The third-order valence-electron chi connectivity index (χ3n) is 5.23. The van der Waals surface area contributed by atoms with Gasteiger partial charge in [0.2, 0.25) is 0 Å². The number of ether oxygens (including phenoxy) is 1. The van der Waals surface area contributed by atoms with Crippen molar-refractivity contribution in [3.05, 3.63) is 77.4 Å². The number of morpholine rings is 1. The van der Waals surface area contributed by atoms with Crippen LogP contribution in [-0.2, 0) is 11.3 Å². The smallest absolute Gasteiger partial charge is 0.165 e. The Balaban J connectivity index is 1.66. The van der Waals surface area contributed by atoms with Gasteiger partial charge in [0.15, 0.2) is 5.65 Å². The Kier molecular flexibility index (Phi) is 5.02. The molecule has 0 spiro atoms. The number of pyridine rings is 1. The number of hydrogen-bond donors (Lipinski definition) is 0. The molecule has 5 nitrogen and oxygen atoms in total. The van der Waals surface area contributed by atoms with Gasteiger partial charge in [0.25, 0.3) is 0 Å². The molecular formula is C23H21ClN4O. The maximum absolute atomic E-state index is 6.63. The summed E-state index contributed by atoms with van der Waals surface area (Å²) in [6.45, 7) is 4.09. The fraction of sp³-hybridized carbons (Fsp3) is 0.217. The van der Waals surface area contributed by atoms with Crippen LogP contribution in [0.5, 0.6) is 0 Å². The van der Waals surface area contributed by atoms with Gasteiger partial charge in [-0.1, -0.05) is 60.1 Å². The Bertz CT molecular complexity index is 1120. The van der Waals surface area contributed by atoms with Crippen molar-refractivity contribution in [2.45, 2.75) is 6.54 Å². The van der Waals surface area contributed by atoms with Crippen LogP contribution in [0.4, 0.5) is 0 Å². The number of para-hydroxylation sites is 1. The van der Waals surface area contributed by atoms with Crippen molar-refractivity contribution in [3.63, 3.8) is 0 Å². The van der Waals surface area contributed by atoms with Gasteiger partial charge in [0.05, 0.1) is 18.9 Å². The van der Waals surface area contributed by atoms with Gasteiger partial charge in [-0.05, 0) is 18.2 Å². The number of rotatable bonds is 4. The van der Waals surface area contributed by atoms with Crippen LogP contribution in [0.2, 0.25) is 5.15 Å². The van der Waals surface area contributed by atoms with E-state index in [2.05, 4.69) is 23.1 Å². The number of fused-ring (bicyclic) bond motifs is 1. The molecule has 0 amide bonds. The Hall–Kier alpha value is -2.73. The number of nitrogens with zero attached hydrogens (tertiary/aromatic N) is 4. The van der Waals surface area contributed by atoms with Crippen LogP contribution in [0.15, 0.2) is 66.7 Å². The van der Waals surface area contributed by atoms with Gasteiger partial charge in [-0.2, -0.15) is 5.10 Å². The minimum absolute atomic E-state index is 0.528. The Morgan fingerprint density at radius 3 is 2.34 bits per heavy atom. The van der Waals surface area contributed by atoms with Crippen molar-refractivity contribution >= 4 is 22.6 Å². The lowest BCUT2D eigenvalue weighted by molar-refractivity contribution is 0.0342. The monoisotopic (exact) mass is 404 g/mol. The van der Waals surface area contributed by atoms with E-state index in [1.807, 2.05) is 53.2 Å². The molecule has 1 fully saturated rings. The number of aromatic nitrogens is 3. The third-order valence-corrected chi connectivity index (χ3v) is 5.56. The summed E-state index contributed by atoms with van der Waals surface area (Å²) in [5, 5.41) is 6.46. The Labute approximate surface area is 174 Å². The third kappa shape index (κ3) is 3.65. The average molecular weight is 405 g/mol. The summed E-state index contributed by atoms with van der Waals surface area (Å²) in [5.41, 5.74) is 4.73. The maximum atomic E-state index is 6.63. The van der Waals surface area contributed by atoms with Crippen LogP contribution in [0, 0.1) is 0 Å². The molecular weight excluding hydrogens is 384 g/mol. The lowest BCUT2D eigenvalue weighted by atomic mass is 10.1. The first-order valence-corrected chi connectivity index (χ1v) is 10.2. The zero-order chi connectivity index (χ0) is 19.6. The highest BCUT2D eigenvalue weighted by molar-refractivity contribution is 6.30. The molecule has 0 saturated carbocycles. The van der Waals surface area contributed by atoms with Gasteiger partial charge >= 0.3 is 0 Å². The summed E-state index contributed by atoms with van der Waals surface area (Å²) in [6, 6.07) is 22.4. The summed E-state index contributed by atoms with van der Waals surface area (Å²) in [7, 11) is 0. The van der Waals surface area contributed by atoms with Crippen LogP contribution in [-0.4, -0.2) is 46.0 Å². The largest absolute Gasteiger partial charge is 0.379 e. The molecule has 0 radical (unpaired) electrons. The minimum Gasteiger partial charge on any atom is -0.379 e. The second kappa shape index (κ2) is 7.95. The first-order chi connectivity index (χ1) is 14.3. The Morgan fingerprint density at radius 1 is 0.931 bits per heavy atom. The van der Waals surface area contributed by atoms with Gasteiger partial charge in [0.1, 0.15) is 10.8 Å². The lowest BCUT2D eigenvalue weighted by Gasteiger charge is -2.26. The van der Waals surface area contributed by atoms with Crippen molar-refractivity contribution in [2.24, 2.45) is 0 Å². The van der Waals surface area contributed by atoms with Crippen molar-refractivity contribution < 1.29 is 4.74 Å². The van der Waals surface area contributed by atoms with E-state index in [1.165, 1.54) is 0 Å². The normalized spacial score (nSPS) is 15.1. The van der Waals surface area contributed by atoms with E-state index in [0.717, 1.165) is 66.4 Å². The molecule has 3 heterocycles. The van der Waals surface area contributed by atoms with Crippen molar-refractivity contribution in [3.8, 4) is 16.9 Å². The molecule has 1 saturated heterocycles. The second-order valence-electron chi connectivity index (χ2n) is 7.16. The highest BCUT2D eigenvalue weighted by atomic mass is 35.5. The van der Waals surface area contributed by atoms with E-state index in [9.17, 15) is 0 Å². The Morgan fingerprint density at radius 2 is 1.62 bits per heavy atom. The van der Waals surface area contributed by atoms with Gasteiger partial charge < -0.3 is 4.74 Å². The van der Waals surface area contributed by atoms with Crippen LogP contribution in [0.3, 0.4) is 0 Å². The molecule has 4 aromatic rings. The predicted octanol–water partition coefficient (Wildman–Crippen LogP) is 4.57. The molecule has 0 atom stereocenters. The first-order valence-electron chi connectivity index (χ1n) is 9.79. The van der Waals surface area contributed by atoms with E-state index in [1.54, 1.807) is 0 Å². The van der Waals surface area contributed by atoms with Crippen molar-refractivity contribution in [2.75, 3.05) is 26.3 Å². The van der Waals surface area contributed by atoms with Gasteiger partial charge in [-0.3, -0.25) is 4.90 Å². The van der Waals surface area contributed by atoms with Gasteiger partial charge in [-0.25, -0.2) is 9.67 Å². The first kappa shape index (κ1) is 18.3. The zero-order valence-electron chi connectivity index (χ0n) is 16.0. The highest BCUT2D eigenvalue weighted by Crippen LogP contribution is 2.32. The standard InChI is InChI=1S/C23H21ClN4O/c24-22-18(16-27-11-13-29-14-12-27)15-20-21(17-7-3-1-4-8-17)26-28(23(20)25-22)19-9-5-2-6-10-19/h1-10,15H,11-14,16H2. The molecule has 6 heteroatoms. The summed E-state index contributed by atoms with van der Waals surface area (Å²) < 4.78 is 7.34. The van der Waals surface area contributed by atoms with Crippen molar-refractivity contribution in [1.82, 2.24) is 19.7 Å². The maximum Gasteiger partial charge on any atom is 0.165 e. The van der Waals surface area contributed by atoms with E-state index in [0.29, 0.717) is 5.15 Å². The number of hydrogen-bond acceptors (Lipinski definition) is 4. The number of halogens is 1. The second-order valence-corrected chi connectivity index (χ2v) is 7.52. The summed E-state index contributed by atoms with van der Waals surface area (Å²) in [4.78, 5) is 7.12. The van der Waals surface area contributed by atoms with Crippen LogP contribution >= 0.6 is 11.6 Å². The summed E-state index contributed by atoms with van der Waals surface area (Å²) >= 11 is 6.63. The molecule has 0 bridgehead atoms. The van der Waals surface area contributed by atoms with E-state index >= 15 is 0 Å².